The molecule has 5 heterocycles. The Bertz CT molecular complexity index is 2590. The second kappa shape index (κ2) is 17.9. The van der Waals surface area contributed by atoms with Crippen LogP contribution in [-0.4, -0.2) is 112 Å². The minimum atomic E-state index is -1.57. The third kappa shape index (κ3) is 7.37. The molecular formula is C51H62N4O10S2. The lowest BCUT2D eigenvalue weighted by Gasteiger charge is -2.62. The number of allylic oxidation sites excluding steroid dienone is 3. The summed E-state index contributed by atoms with van der Waals surface area (Å²) in [6.45, 7) is 3.08. The Morgan fingerprint density at radius 3 is 2.66 bits per heavy atom. The third-order valence-corrected chi connectivity index (χ3v) is 19.6. The van der Waals surface area contributed by atoms with Gasteiger partial charge in [0.25, 0.3) is 0 Å². The van der Waals surface area contributed by atoms with Crippen LogP contribution in [0.2, 0.25) is 0 Å². The van der Waals surface area contributed by atoms with Crippen molar-refractivity contribution < 1.29 is 43.6 Å². The Balaban J connectivity index is 1.15. The predicted octanol–water partition coefficient (Wildman–Crippen LogP) is 4.64. The number of ether oxygens (including phenoxy) is 2. The molecule has 4 aliphatic heterocycles. The molecule has 2 bridgehead atoms. The lowest BCUT2D eigenvalue weighted by atomic mass is 9.57. The number of dihydropyridines is 1. The first-order chi connectivity index (χ1) is 32.3. The summed E-state index contributed by atoms with van der Waals surface area (Å²) in [7, 11) is 5.26. The van der Waals surface area contributed by atoms with Gasteiger partial charge in [-0.3, -0.25) is 9.59 Å². The van der Waals surface area contributed by atoms with Gasteiger partial charge in [-0.1, -0.05) is 64.7 Å². The molecule has 8 aliphatic rings. The van der Waals surface area contributed by atoms with Crippen LogP contribution >= 0.6 is 21.6 Å². The SMILES string of the molecule is C/C=C(\CCO)C(=O)O[C@]1(C)[C@@H](CO)C=C2CSS[C@H]3C[C@@H]4C(=O)C=C[C@H]5[C@@H]([C@@H]4NC)[C@@H]3N5C(=O)CC3=C(C=C(N)NC3)[C@H]2[C@]12Cc1cc3cc(C4(CCO)CCCCC4)c(=O)oc3cc1O2. The van der Waals surface area contributed by atoms with E-state index in [1.807, 2.05) is 49.2 Å². The van der Waals surface area contributed by atoms with Crippen LogP contribution in [0.25, 0.3) is 11.0 Å². The summed E-state index contributed by atoms with van der Waals surface area (Å²) in [5.74, 6) is -0.891. The molecule has 1 aromatic heterocycles. The number of esters is 1. The molecule has 0 unspecified atom stereocenters. The number of aliphatic hydroxyl groups is 3. The van der Waals surface area contributed by atoms with Gasteiger partial charge in [-0.25, -0.2) is 9.59 Å². The number of ketones is 1. The van der Waals surface area contributed by atoms with Gasteiger partial charge in [0, 0.05) is 95.4 Å². The molecular weight excluding hydrogens is 893 g/mol. The molecule has 2 saturated carbocycles. The molecule has 10 rings (SSSR count). The zero-order valence-electron chi connectivity index (χ0n) is 38.4. The quantitative estimate of drug-likeness (QED) is 0.0665. The number of benzene rings is 1. The number of fused-ring (bicyclic) bond motifs is 7. The molecule has 14 nitrogen and oxygen atoms in total. The first-order valence-electron chi connectivity index (χ1n) is 24.0. The summed E-state index contributed by atoms with van der Waals surface area (Å²) in [6.07, 6.45) is 15.0. The normalized spacial score (nSPS) is 34.3. The van der Waals surface area contributed by atoms with Crippen molar-refractivity contribution in [3.05, 3.63) is 98.2 Å². The smallest absolute Gasteiger partial charge is 0.340 e. The monoisotopic (exact) mass is 954 g/mol. The fraction of sp³-hybridized carbons (Fsp3) is 0.569. The molecule has 1 spiro atoms. The largest absolute Gasteiger partial charge is 0.481 e. The standard InChI is InChI=1S/C51H62N4O10S2/c1-4-27(10-14-56)47(61)65-49(2)32(25-58)17-31-26-66-67-40-20-34-37(59)9-8-36-43(45(34)53-3)46(40)55(36)42(60)19-30-24-54-41(52)21-33(30)44(31)51(49)23-29-16-28-18-35(48(62)63-38(28)22-39(29)64-51)50(13-15-57)11-6-5-7-12-50/h4,8-9,16-18,21-22,32,34,36,40,43-46,53-54,56-58H,5-7,10-15,19-20,23-26,52H2,1-3H3/b27-4+/t32-,34-,36+,40+,43+,44+,45-,46-,49-,51-/m1/s1. The lowest BCUT2D eigenvalue weighted by Crippen LogP contribution is -2.75. The van der Waals surface area contributed by atoms with E-state index in [1.165, 1.54) is 0 Å². The van der Waals surface area contributed by atoms with E-state index < -0.39 is 46.7 Å². The molecule has 1 saturated heterocycles. The fourth-order valence-electron chi connectivity index (χ4n) is 13.5. The van der Waals surface area contributed by atoms with E-state index in [4.69, 9.17) is 19.6 Å². The van der Waals surface area contributed by atoms with Gasteiger partial charge >= 0.3 is 11.6 Å². The van der Waals surface area contributed by atoms with E-state index >= 15 is 4.79 Å². The van der Waals surface area contributed by atoms with Crippen LogP contribution in [0.1, 0.15) is 82.8 Å². The van der Waals surface area contributed by atoms with Crippen LogP contribution in [0, 0.1) is 23.7 Å². The van der Waals surface area contributed by atoms with E-state index in [0.717, 1.165) is 54.4 Å². The van der Waals surface area contributed by atoms with Crippen LogP contribution in [0.5, 0.6) is 5.75 Å². The number of carbonyl (C=O) groups excluding carboxylic acids is 3. The number of hydrogen-bond donors (Lipinski definition) is 6. The van der Waals surface area contributed by atoms with Gasteiger partial charge in [-0.15, -0.1) is 0 Å². The molecule has 10 atom stereocenters. The van der Waals surface area contributed by atoms with E-state index in [9.17, 15) is 29.7 Å². The molecule has 67 heavy (non-hydrogen) atoms. The average molecular weight is 955 g/mol. The number of aliphatic hydroxyl groups excluding tert-OH is 3. The maximum atomic E-state index is 15.0. The Morgan fingerprint density at radius 1 is 1.12 bits per heavy atom. The number of nitrogens with zero attached hydrogens (tertiary/aromatic N) is 1. The number of rotatable bonds is 9. The zero-order chi connectivity index (χ0) is 47.0. The molecule has 1 amide bonds. The number of amides is 1. The minimum absolute atomic E-state index is 0.0205. The van der Waals surface area contributed by atoms with E-state index in [0.29, 0.717) is 46.7 Å². The molecule has 16 heteroatoms. The summed E-state index contributed by atoms with van der Waals surface area (Å²) >= 11 is 0. The summed E-state index contributed by atoms with van der Waals surface area (Å²) in [4.78, 5) is 59.0. The summed E-state index contributed by atoms with van der Waals surface area (Å²) in [5, 5.41) is 39.1. The van der Waals surface area contributed by atoms with Crippen molar-refractivity contribution in [3.8, 4) is 5.75 Å². The Morgan fingerprint density at radius 2 is 1.93 bits per heavy atom. The highest BCUT2D eigenvalue weighted by atomic mass is 33.1. The van der Waals surface area contributed by atoms with Gasteiger partial charge in [0.1, 0.15) is 11.3 Å². The molecule has 2 aromatic rings. The van der Waals surface area contributed by atoms with Crippen molar-refractivity contribution in [1.29, 1.82) is 0 Å². The Hall–Kier alpha value is -4.32. The van der Waals surface area contributed by atoms with E-state index in [-0.39, 0.29) is 91.5 Å². The first-order valence-corrected chi connectivity index (χ1v) is 26.4. The van der Waals surface area contributed by atoms with E-state index in [2.05, 4.69) is 10.6 Å². The second-order valence-corrected chi connectivity index (χ2v) is 22.6. The predicted molar refractivity (Wildman–Crippen MR) is 257 cm³/mol. The molecule has 7 N–H and O–H groups in total. The maximum absolute atomic E-state index is 15.0. The van der Waals surface area contributed by atoms with Crippen LogP contribution < -0.4 is 26.7 Å². The lowest BCUT2D eigenvalue weighted by molar-refractivity contribution is -0.202. The highest BCUT2D eigenvalue weighted by Crippen LogP contribution is 2.60. The number of hydrogen-bond acceptors (Lipinski definition) is 15. The number of nitrogens with one attached hydrogen (secondary N) is 2. The van der Waals surface area contributed by atoms with Crippen LogP contribution in [-0.2, 0) is 31.0 Å². The van der Waals surface area contributed by atoms with Crippen LogP contribution in [0.15, 0.2) is 85.9 Å². The van der Waals surface area contributed by atoms with Gasteiger partial charge in [0.15, 0.2) is 17.0 Å². The van der Waals surface area contributed by atoms with Gasteiger partial charge in [-0.2, -0.15) is 0 Å². The van der Waals surface area contributed by atoms with Gasteiger partial charge < -0.3 is 50.5 Å². The number of nitrogens with two attached hydrogens (primary N) is 1. The molecule has 4 aliphatic carbocycles. The van der Waals surface area contributed by atoms with Gasteiger partial charge in [0.2, 0.25) is 5.91 Å². The van der Waals surface area contributed by atoms with Crippen molar-refractivity contribution in [2.24, 2.45) is 29.4 Å². The first kappa shape index (κ1) is 46.4. The summed E-state index contributed by atoms with van der Waals surface area (Å²) < 4.78 is 20.4. The Labute approximate surface area is 398 Å². The van der Waals surface area contributed by atoms with Crippen molar-refractivity contribution in [3.63, 3.8) is 0 Å². The minimum Gasteiger partial charge on any atom is -0.481 e. The van der Waals surface area contributed by atoms with Crippen molar-refractivity contribution in [1.82, 2.24) is 15.5 Å². The topological polar surface area (TPSA) is 214 Å². The van der Waals surface area contributed by atoms with Crippen molar-refractivity contribution >= 4 is 50.2 Å². The number of carbonyl (C=O) groups is 3. The third-order valence-electron chi connectivity index (χ3n) is 16.8. The summed E-state index contributed by atoms with van der Waals surface area (Å²) in [5.41, 5.74) is 7.13. The fourth-order valence-corrected chi connectivity index (χ4v) is 16.6. The molecule has 3 fully saturated rings. The highest BCUT2D eigenvalue weighted by molar-refractivity contribution is 8.77. The molecule has 1 aromatic carbocycles. The maximum Gasteiger partial charge on any atom is 0.340 e. The Kier molecular flexibility index (Phi) is 12.4. The summed E-state index contributed by atoms with van der Waals surface area (Å²) in [6, 6.07) is 5.29. The van der Waals surface area contributed by atoms with E-state index in [1.54, 1.807) is 46.7 Å². The average Bonchev–Trinajstić information content (AvgIpc) is 3.67. The van der Waals surface area contributed by atoms with Gasteiger partial charge in [0.05, 0.1) is 36.9 Å². The van der Waals surface area contributed by atoms with Crippen molar-refractivity contribution in [2.45, 2.75) is 118 Å². The molecule has 358 valence electrons. The molecule has 0 radical (unpaired) electrons. The van der Waals surface area contributed by atoms with Crippen LogP contribution in [0.3, 0.4) is 0 Å². The highest BCUT2D eigenvalue weighted by Gasteiger charge is 2.68. The second-order valence-electron chi connectivity index (χ2n) is 20.0. The van der Waals surface area contributed by atoms with Gasteiger partial charge in [-0.05, 0) is 87.6 Å². The zero-order valence-corrected chi connectivity index (χ0v) is 40.0. The van der Waals surface area contributed by atoms with Crippen molar-refractivity contribution in [2.75, 3.05) is 39.2 Å². The van der Waals surface area contributed by atoms with Crippen LogP contribution in [0.4, 0.5) is 0 Å².